The van der Waals surface area contributed by atoms with Gasteiger partial charge in [0.05, 0.1) is 23.5 Å². The molecule has 6 heteroatoms. The molecule has 0 saturated heterocycles. The molecule has 0 unspecified atom stereocenters. The quantitative estimate of drug-likeness (QED) is 0.617. The molecule has 1 aliphatic rings. The first-order valence-corrected chi connectivity index (χ1v) is 10.2. The Morgan fingerprint density at radius 3 is 2.45 bits per heavy atom. The molecule has 0 spiro atoms. The molecule has 2 aromatic carbocycles. The van der Waals surface area contributed by atoms with Gasteiger partial charge in [-0.3, -0.25) is 5.32 Å². The first kappa shape index (κ1) is 20.7. The Morgan fingerprint density at radius 2 is 1.72 bits per heavy atom. The fourth-order valence-corrected chi connectivity index (χ4v) is 3.45. The fraction of sp³-hybridized carbons (Fsp3) is 0.391. The third-order valence-corrected chi connectivity index (χ3v) is 4.94. The molecule has 154 valence electrons. The van der Waals surface area contributed by atoms with E-state index in [2.05, 4.69) is 10.6 Å². The van der Waals surface area contributed by atoms with Gasteiger partial charge < -0.3 is 14.8 Å². The van der Waals surface area contributed by atoms with E-state index >= 15 is 0 Å². The predicted molar refractivity (Wildman–Crippen MR) is 113 cm³/mol. The van der Waals surface area contributed by atoms with Crippen LogP contribution in [0.3, 0.4) is 0 Å². The van der Waals surface area contributed by atoms with Crippen LogP contribution in [0.2, 0.25) is 0 Å². The lowest BCUT2D eigenvalue weighted by atomic mass is 9.95. The minimum Gasteiger partial charge on any atom is -0.462 e. The van der Waals surface area contributed by atoms with E-state index in [1.165, 1.54) is 19.3 Å². The van der Waals surface area contributed by atoms with Gasteiger partial charge in [-0.1, -0.05) is 49.6 Å². The Hall–Kier alpha value is -3.02. The van der Waals surface area contributed by atoms with Crippen LogP contribution in [0.15, 0.2) is 48.5 Å². The number of hydrogen-bond acceptors (Lipinski definition) is 5. The van der Waals surface area contributed by atoms with E-state index in [-0.39, 0.29) is 6.61 Å². The fourth-order valence-electron chi connectivity index (χ4n) is 3.45. The molecule has 3 rings (SSSR count). The third-order valence-electron chi connectivity index (χ3n) is 4.94. The van der Waals surface area contributed by atoms with Gasteiger partial charge in [0.2, 0.25) is 0 Å². The third kappa shape index (κ3) is 6.24. The van der Waals surface area contributed by atoms with E-state index < -0.39 is 12.1 Å². The van der Waals surface area contributed by atoms with Crippen LogP contribution in [0.4, 0.5) is 16.2 Å². The van der Waals surface area contributed by atoms with Crippen molar-refractivity contribution in [2.24, 2.45) is 0 Å². The number of ether oxygens (including phenoxy) is 2. The van der Waals surface area contributed by atoms with Crippen LogP contribution >= 0.6 is 0 Å². The summed E-state index contributed by atoms with van der Waals surface area (Å²) in [5, 5.41) is 6.28. The van der Waals surface area contributed by atoms with Crippen molar-refractivity contribution >= 4 is 23.4 Å². The number of rotatable bonds is 7. The summed E-state index contributed by atoms with van der Waals surface area (Å²) >= 11 is 0. The summed E-state index contributed by atoms with van der Waals surface area (Å²) in [5.41, 5.74) is 2.59. The van der Waals surface area contributed by atoms with Crippen LogP contribution in [0.5, 0.6) is 0 Å². The number of benzene rings is 2. The predicted octanol–water partition coefficient (Wildman–Crippen LogP) is 5.36. The second-order valence-corrected chi connectivity index (χ2v) is 7.15. The molecular weight excluding hydrogens is 368 g/mol. The maximum Gasteiger partial charge on any atom is 0.412 e. The summed E-state index contributed by atoms with van der Waals surface area (Å²) in [4.78, 5) is 24.5. The molecule has 6 nitrogen and oxygen atoms in total. The Kier molecular flexibility index (Phi) is 7.50. The summed E-state index contributed by atoms with van der Waals surface area (Å²) in [6, 6.07) is 15.0. The van der Waals surface area contributed by atoms with Gasteiger partial charge in [-0.05, 0) is 43.5 Å². The van der Waals surface area contributed by atoms with Crippen molar-refractivity contribution in [3.8, 4) is 0 Å². The molecule has 1 saturated carbocycles. The van der Waals surface area contributed by atoms with E-state index in [9.17, 15) is 9.59 Å². The molecule has 1 fully saturated rings. The lowest BCUT2D eigenvalue weighted by molar-refractivity contribution is 0.0526. The SMILES string of the molecule is CCOC(=O)c1ccc(NC2CCCCC2)c(NC(=O)OCc2ccccc2)c1. The average Bonchev–Trinajstić information content (AvgIpc) is 2.75. The smallest absolute Gasteiger partial charge is 0.412 e. The van der Waals surface area contributed by atoms with Gasteiger partial charge in [-0.15, -0.1) is 0 Å². The van der Waals surface area contributed by atoms with E-state index in [1.54, 1.807) is 19.1 Å². The largest absolute Gasteiger partial charge is 0.462 e. The molecule has 0 aromatic heterocycles. The highest BCUT2D eigenvalue weighted by Crippen LogP contribution is 2.28. The highest BCUT2D eigenvalue weighted by Gasteiger charge is 2.18. The minimum absolute atomic E-state index is 0.176. The number of esters is 1. The second-order valence-electron chi connectivity index (χ2n) is 7.15. The van der Waals surface area contributed by atoms with E-state index in [4.69, 9.17) is 9.47 Å². The van der Waals surface area contributed by atoms with Crippen molar-refractivity contribution in [1.82, 2.24) is 0 Å². The van der Waals surface area contributed by atoms with Gasteiger partial charge in [0.15, 0.2) is 0 Å². The lowest BCUT2D eigenvalue weighted by Gasteiger charge is -2.25. The molecule has 0 bridgehead atoms. The minimum atomic E-state index is -0.568. The highest BCUT2D eigenvalue weighted by atomic mass is 16.5. The normalized spacial score (nSPS) is 14.1. The zero-order chi connectivity index (χ0) is 20.5. The highest BCUT2D eigenvalue weighted by molar-refractivity contribution is 5.95. The standard InChI is InChI=1S/C23H28N2O4/c1-2-28-22(26)18-13-14-20(24-19-11-7-4-8-12-19)21(15-18)25-23(27)29-16-17-9-5-3-6-10-17/h3,5-6,9-10,13-15,19,24H,2,4,7-8,11-12,16H2,1H3,(H,25,27). The summed E-state index contributed by atoms with van der Waals surface area (Å²) in [5.74, 6) is -0.419. The maximum atomic E-state index is 12.4. The molecule has 0 atom stereocenters. The molecule has 1 amide bonds. The molecule has 1 aliphatic carbocycles. The van der Waals surface area contributed by atoms with E-state index in [1.807, 2.05) is 36.4 Å². The number of amides is 1. The van der Waals surface area contributed by atoms with Gasteiger partial charge in [-0.2, -0.15) is 0 Å². The van der Waals surface area contributed by atoms with Crippen molar-refractivity contribution < 1.29 is 19.1 Å². The Balaban J connectivity index is 1.71. The molecule has 0 heterocycles. The van der Waals surface area contributed by atoms with Gasteiger partial charge in [-0.25, -0.2) is 9.59 Å². The number of anilines is 2. The van der Waals surface area contributed by atoms with Crippen LogP contribution in [-0.2, 0) is 16.1 Å². The number of nitrogens with one attached hydrogen (secondary N) is 2. The van der Waals surface area contributed by atoms with Crippen LogP contribution in [-0.4, -0.2) is 24.7 Å². The van der Waals surface area contributed by atoms with Crippen molar-refractivity contribution in [3.63, 3.8) is 0 Å². The van der Waals surface area contributed by atoms with Crippen LogP contribution in [0.1, 0.15) is 54.9 Å². The van der Waals surface area contributed by atoms with E-state index in [0.29, 0.717) is 23.9 Å². The van der Waals surface area contributed by atoms with Gasteiger partial charge in [0, 0.05) is 6.04 Å². The van der Waals surface area contributed by atoms with Crippen LogP contribution in [0.25, 0.3) is 0 Å². The Morgan fingerprint density at radius 1 is 0.966 bits per heavy atom. The maximum absolute atomic E-state index is 12.4. The lowest BCUT2D eigenvalue weighted by Crippen LogP contribution is -2.24. The van der Waals surface area contributed by atoms with Crippen molar-refractivity contribution in [3.05, 3.63) is 59.7 Å². The van der Waals surface area contributed by atoms with E-state index in [0.717, 1.165) is 24.1 Å². The first-order valence-electron chi connectivity index (χ1n) is 10.2. The van der Waals surface area contributed by atoms with Crippen molar-refractivity contribution in [1.29, 1.82) is 0 Å². The topological polar surface area (TPSA) is 76.7 Å². The molecule has 0 aliphatic heterocycles. The van der Waals surface area contributed by atoms with Gasteiger partial charge >= 0.3 is 12.1 Å². The molecular formula is C23H28N2O4. The molecule has 2 N–H and O–H groups in total. The van der Waals surface area contributed by atoms with Crippen molar-refractivity contribution in [2.45, 2.75) is 51.7 Å². The number of hydrogen-bond donors (Lipinski definition) is 2. The van der Waals surface area contributed by atoms with Crippen LogP contribution in [0, 0.1) is 0 Å². The monoisotopic (exact) mass is 396 g/mol. The average molecular weight is 396 g/mol. The van der Waals surface area contributed by atoms with Gasteiger partial charge in [0.1, 0.15) is 6.61 Å². The summed E-state index contributed by atoms with van der Waals surface area (Å²) in [6.45, 7) is 2.23. The summed E-state index contributed by atoms with van der Waals surface area (Å²) in [7, 11) is 0. The zero-order valence-corrected chi connectivity index (χ0v) is 16.8. The number of carbonyl (C=O) groups excluding carboxylic acids is 2. The molecule has 29 heavy (non-hydrogen) atoms. The number of carbonyl (C=O) groups is 2. The Bertz CT molecular complexity index is 817. The summed E-state index contributed by atoms with van der Waals surface area (Å²) < 4.78 is 10.4. The molecule has 2 aromatic rings. The molecule has 0 radical (unpaired) electrons. The van der Waals surface area contributed by atoms with Crippen molar-refractivity contribution in [2.75, 3.05) is 17.2 Å². The summed E-state index contributed by atoms with van der Waals surface area (Å²) in [6.07, 6.45) is 5.27. The Labute approximate surface area is 171 Å². The first-order chi connectivity index (χ1) is 14.2. The van der Waals surface area contributed by atoms with Crippen LogP contribution < -0.4 is 10.6 Å². The second kappa shape index (κ2) is 10.5. The zero-order valence-electron chi connectivity index (χ0n) is 16.8. The van der Waals surface area contributed by atoms with Gasteiger partial charge in [0.25, 0.3) is 0 Å².